The van der Waals surface area contributed by atoms with Crippen LogP contribution in [-0.2, 0) is 11.8 Å². The number of nitrogens with one attached hydrogen (secondary N) is 1. The van der Waals surface area contributed by atoms with Gasteiger partial charge in [0.1, 0.15) is 23.3 Å². The van der Waals surface area contributed by atoms with E-state index in [0.717, 1.165) is 44.7 Å². The molecular weight excluding hydrogens is 538 g/mol. The Morgan fingerprint density at radius 2 is 1.93 bits per heavy atom. The Morgan fingerprint density at radius 3 is 2.69 bits per heavy atom. The zero-order valence-electron chi connectivity index (χ0n) is 23.2. The van der Waals surface area contributed by atoms with Gasteiger partial charge in [0.15, 0.2) is 5.82 Å². The summed E-state index contributed by atoms with van der Waals surface area (Å²) in [4.78, 5) is 22.7. The third-order valence-corrected chi connectivity index (χ3v) is 7.39. The van der Waals surface area contributed by atoms with Crippen molar-refractivity contribution in [1.82, 2.24) is 29.0 Å². The average molecular weight is 568 g/mol. The van der Waals surface area contributed by atoms with E-state index >= 15 is 0 Å². The van der Waals surface area contributed by atoms with Crippen molar-refractivity contribution in [1.29, 1.82) is 0 Å². The van der Waals surface area contributed by atoms with Crippen LogP contribution in [0.4, 0.5) is 11.5 Å². The number of imidazole rings is 1. The fraction of sp³-hybridized carbons (Fsp3) is 0.200. The maximum absolute atomic E-state index is 12.4. The van der Waals surface area contributed by atoms with Gasteiger partial charge in [-0.3, -0.25) is 4.79 Å². The topological polar surface area (TPSA) is 150 Å². The summed E-state index contributed by atoms with van der Waals surface area (Å²) in [6.07, 6.45) is 6.99. The molecule has 1 amide bonds. The molecule has 2 aromatic carbocycles. The first-order chi connectivity index (χ1) is 20.2. The molecule has 0 aliphatic carbocycles. The number of benzene rings is 2. The fourth-order valence-electron chi connectivity index (χ4n) is 5.26. The van der Waals surface area contributed by atoms with Gasteiger partial charge in [-0.2, -0.15) is 5.10 Å². The van der Waals surface area contributed by atoms with Gasteiger partial charge >= 0.3 is 5.95 Å². The normalized spacial score (nSPS) is 15.1. The number of amides is 1. The molecule has 5 aromatic rings. The highest BCUT2D eigenvalue weighted by atomic mass is 16.5. The molecule has 4 N–H and O–H groups in total. The summed E-state index contributed by atoms with van der Waals surface area (Å²) in [7, 11) is 1.95. The van der Waals surface area contributed by atoms with Gasteiger partial charge in [-0.15, -0.1) is 0 Å². The molecule has 6 rings (SSSR count). The summed E-state index contributed by atoms with van der Waals surface area (Å²) in [5.41, 5.74) is 6.31. The molecule has 1 atom stereocenters. The number of fused-ring (bicyclic) bond motifs is 2. The molecular formula is C30H29N7O5. The molecule has 0 saturated heterocycles. The van der Waals surface area contributed by atoms with E-state index in [4.69, 9.17) is 14.9 Å². The van der Waals surface area contributed by atoms with Crippen LogP contribution in [0.3, 0.4) is 0 Å². The van der Waals surface area contributed by atoms with E-state index in [9.17, 15) is 9.90 Å². The fourth-order valence-corrected chi connectivity index (χ4v) is 5.26. The Bertz CT molecular complexity index is 1900. The summed E-state index contributed by atoms with van der Waals surface area (Å²) in [6.45, 7) is 4.41. The van der Waals surface area contributed by atoms with Gasteiger partial charge < -0.3 is 34.8 Å². The third-order valence-electron chi connectivity index (χ3n) is 7.39. The van der Waals surface area contributed by atoms with Crippen LogP contribution in [0.2, 0.25) is 0 Å². The van der Waals surface area contributed by atoms with Crippen molar-refractivity contribution in [2.24, 2.45) is 13.0 Å². The van der Waals surface area contributed by atoms with E-state index in [0.29, 0.717) is 11.6 Å². The molecule has 1 unspecified atom stereocenters. The number of nitrogens with zero attached hydrogens (tertiary/aromatic N) is 6. The Hall–Kier alpha value is -5.52. The van der Waals surface area contributed by atoms with Gasteiger partial charge in [0.05, 0.1) is 17.4 Å². The number of hydrogen-bond donors (Lipinski definition) is 4. The number of aryl methyl sites for hydroxylation is 2. The number of ether oxygens (including phenoxy) is 1. The first-order valence-corrected chi connectivity index (χ1v) is 13.3. The Labute approximate surface area is 240 Å². The molecule has 0 fully saturated rings. The maximum Gasteiger partial charge on any atom is 0.324 e. The number of carbonyl (C=O) groups is 1. The SMILES string of the molecule is Cc1cc(Nc2ncnn3ccc(C4=CCN(C(=O)C(O)=C(O)O)CC4C)c23)ccc1Oc1ccc2c(c1)ncn2C. The molecule has 1 aliphatic heterocycles. The number of anilines is 2. The van der Waals surface area contributed by atoms with Crippen LogP contribution in [-0.4, -0.2) is 63.4 Å². The molecule has 3 aromatic heterocycles. The van der Waals surface area contributed by atoms with E-state index in [-0.39, 0.29) is 19.0 Å². The van der Waals surface area contributed by atoms with Gasteiger partial charge in [0, 0.05) is 43.7 Å². The average Bonchev–Trinajstić information content (AvgIpc) is 3.57. The van der Waals surface area contributed by atoms with Crippen LogP contribution in [0.15, 0.2) is 79.1 Å². The highest BCUT2D eigenvalue weighted by Crippen LogP contribution is 2.35. The van der Waals surface area contributed by atoms with Crippen molar-refractivity contribution >= 4 is 39.5 Å². The minimum Gasteiger partial charge on any atom is -0.498 e. The van der Waals surface area contributed by atoms with Crippen LogP contribution in [0.25, 0.3) is 22.1 Å². The van der Waals surface area contributed by atoms with E-state index in [2.05, 4.69) is 20.4 Å². The van der Waals surface area contributed by atoms with Gasteiger partial charge in [-0.05, 0) is 60.4 Å². The third kappa shape index (κ3) is 4.83. The second-order valence-corrected chi connectivity index (χ2v) is 10.3. The monoisotopic (exact) mass is 567 g/mol. The summed E-state index contributed by atoms with van der Waals surface area (Å²) in [6, 6.07) is 13.6. The Balaban J connectivity index is 1.25. The molecule has 4 heterocycles. The van der Waals surface area contributed by atoms with Gasteiger partial charge in [-0.1, -0.05) is 13.0 Å². The van der Waals surface area contributed by atoms with Crippen molar-refractivity contribution in [2.45, 2.75) is 13.8 Å². The van der Waals surface area contributed by atoms with Gasteiger partial charge in [-0.25, -0.2) is 14.5 Å². The minimum atomic E-state index is -1.39. The largest absolute Gasteiger partial charge is 0.498 e. The van der Waals surface area contributed by atoms with Crippen LogP contribution in [0, 0.1) is 12.8 Å². The van der Waals surface area contributed by atoms with E-state index < -0.39 is 17.6 Å². The number of carbonyl (C=O) groups excluding carboxylic acids is 1. The number of aliphatic hydroxyl groups excluding tert-OH is 2. The van der Waals surface area contributed by atoms with E-state index in [1.807, 2.05) is 80.2 Å². The molecule has 0 spiro atoms. The summed E-state index contributed by atoms with van der Waals surface area (Å²) < 4.78 is 9.87. The molecule has 0 bridgehead atoms. The predicted molar refractivity (Wildman–Crippen MR) is 157 cm³/mol. The lowest BCUT2D eigenvalue weighted by Crippen LogP contribution is -2.39. The second-order valence-electron chi connectivity index (χ2n) is 10.3. The van der Waals surface area contributed by atoms with Crippen molar-refractivity contribution in [3.63, 3.8) is 0 Å². The van der Waals surface area contributed by atoms with Gasteiger partial charge in [0.25, 0.3) is 11.7 Å². The number of hydrogen-bond acceptors (Lipinski definition) is 9. The van der Waals surface area contributed by atoms with E-state index in [1.165, 1.54) is 11.2 Å². The predicted octanol–water partition coefficient (Wildman–Crippen LogP) is 5.17. The molecule has 12 heteroatoms. The van der Waals surface area contributed by atoms with Crippen LogP contribution < -0.4 is 10.1 Å². The number of rotatable bonds is 6. The number of aromatic nitrogens is 5. The molecule has 42 heavy (non-hydrogen) atoms. The lowest BCUT2D eigenvalue weighted by molar-refractivity contribution is -0.130. The van der Waals surface area contributed by atoms with Crippen molar-refractivity contribution in [3.8, 4) is 11.5 Å². The second kappa shape index (κ2) is 10.5. The lowest BCUT2D eigenvalue weighted by atomic mass is 9.91. The Kier molecular flexibility index (Phi) is 6.65. The first kappa shape index (κ1) is 26.7. The van der Waals surface area contributed by atoms with Crippen molar-refractivity contribution in [2.75, 3.05) is 18.4 Å². The molecule has 0 radical (unpaired) electrons. The molecule has 12 nitrogen and oxygen atoms in total. The first-order valence-electron chi connectivity index (χ1n) is 13.3. The zero-order chi connectivity index (χ0) is 29.5. The lowest BCUT2D eigenvalue weighted by Gasteiger charge is -2.31. The zero-order valence-corrected chi connectivity index (χ0v) is 23.2. The van der Waals surface area contributed by atoms with Gasteiger partial charge in [0.2, 0.25) is 0 Å². The summed E-state index contributed by atoms with van der Waals surface area (Å²) >= 11 is 0. The molecule has 0 saturated carbocycles. The van der Waals surface area contributed by atoms with E-state index in [1.54, 1.807) is 10.8 Å². The minimum absolute atomic E-state index is 0.112. The highest BCUT2D eigenvalue weighted by molar-refractivity contribution is 5.93. The van der Waals surface area contributed by atoms with Crippen molar-refractivity contribution in [3.05, 3.63) is 90.2 Å². The summed E-state index contributed by atoms with van der Waals surface area (Å²) in [5, 5.41) is 35.6. The Morgan fingerprint density at radius 1 is 1.10 bits per heavy atom. The highest BCUT2D eigenvalue weighted by Gasteiger charge is 2.29. The quantitative estimate of drug-likeness (QED) is 0.161. The molecule has 214 valence electrons. The standard InChI is InChI=1S/C30H29N7O5/c1-17-12-19(4-7-25(17)42-20-5-6-24-23(13-20)32-16-35(24)3)34-28-26-22(9-11-37(26)33-15-31-28)21-8-10-36(14-18(21)2)29(39)27(38)30(40)41/h4-9,11-13,15-16,18,38,40-41H,10,14H2,1-3H3,(H,31,33,34). The van der Waals surface area contributed by atoms with Crippen molar-refractivity contribution < 1.29 is 24.9 Å². The molecule has 1 aliphatic rings. The number of aliphatic hydroxyl groups is 3. The maximum atomic E-state index is 12.4. The van der Waals surface area contributed by atoms with Crippen LogP contribution in [0.5, 0.6) is 11.5 Å². The van der Waals surface area contributed by atoms with Crippen LogP contribution >= 0.6 is 0 Å². The smallest absolute Gasteiger partial charge is 0.324 e. The summed E-state index contributed by atoms with van der Waals surface area (Å²) in [5.74, 6) is -1.39. The van der Waals surface area contributed by atoms with Crippen LogP contribution in [0.1, 0.15) is 18.1 Å².